The molecule has 5 saturated carbocycles. The van der Waals surface area contributed by atoms with Crippen LogP contribution in [0.1, 0.15) is 64.2 Å². The molecule has 0 atom stereocenters. The van der Waals surface area contributed by atoms with E-state index in [1.54, 1.807) is 0 Å². The van der Waals surface area contributed by atoms with E-state index in [1.165, 1.54) is 19.3 Å². The average Bonchev–Trinajstić information content (AvgIpc) is 2.45. The van der Waals surface area contributed by atoms with E-state index in [4.69, 9.17) is 0 Å². The second-order valence-electron chi connectivity index (χ2n) is 8.76. The third-order valence-electron chi connectivity index (χ3n) is 7.05. The second kappa shape index (κ2) is 5.38. The van der Waals surface area contributed by atoms with E-state index in [9.17, 15) is 18.0 Å². The molecule has 0 unspecified atom stereocenters. The van der Waals surface area contributed by atoms with Gasteiger partial charge in [-0.3, -0.25) is 4.79 Å². The third kappa shape index (κ3) is 2.89. The van der Waals surface area contributed by atoms with Crippen LogP contribution in [0.2, 0.25) is 0 Å². The lowest BCUT2D eigenvalue weighted by atomic mass is 9.49. The lowest BCUT2D eigenvalue weighted by Gasteiger charge is -2.56. The van der Waals surface area contributed by atoms with E-state index in [0.717, 1.165) is 19.3 Å². The summed E-state index contributed by atoms with van der Waals surface area (Å²) < 4.78 is 38.2. The van der Waals surface area contributed by atoms with Crippen molar-refractivity contribution in [2.24, 2.45) is 29.1 Å². The molecule has 2 nitrogen and oxygen atoms in total. The molecular weight excluding hydrogens is 303 g/mol. The zero-order valence-corrected chi connectivity index (χ0v) is 13.5. The SMILES string of the molecule is O=C(NC1CCC(C(F)(F)F)CC1)C12CC3CC(CC(C3)C1)C2. The molecule has 0 heterocycles. The number of rotatable bonds is 2. The molecule has 0 aromatic rings. The molecule has 5 fully saturated rings. The van der Waals surface area contributed by atoms with Crippen molar-refractivity contribution < 1.29 is 18.0 Å². The highest BCUT2D eigenvalue weighted by atomic mass is 19.4. The smallest absolute Gasteiger partial charge is 0.353 e. The Morgan fingerprint density at radius 2 is 1.35 bits per heavy atom. The minimum atomic E-state index is -4.07. The first-order chi connectivity index (χ1) is 10.8. The lowest BCUT2D eigenvalue weighted by Crippen LogP contribution is -2.55. The molecule has 5 rings (SSSR count). The van der Waals surface area contributed by atoms with Gasteiger partial charge in [0.15, 0.2) is 0 Å². The minimum absolute atomic E-state index is 0.0471. The van der Waals surface area contributed by atoms with Crippen LogP contribution in [-0.2, 0) is 4.79 Å². The monoisotopic (exact) mass is 329 g/mol. The van der Waals surface area contributed by atoms with Gasteiger partial charge in [0.25, 0.3) is 0 Å². The summed E-state index contributed by atoms with van der Waals surface area (Å²) in [6, 6.07) is -0.0471. The summed E-state index contributed by atoms with van der Waals surface area (Å²) in [5, 5.41) is 3.14. The van der Waals surface area contributed by atoms with Crippen LogP contribution in [0.25, 0.3) is 0 Å². The molecule has 0 aromatic carbocycles. The molecule has 5 heteroatoms. The van der Waals surface area contributed by atoms with E-state index in [-0.39, 0.29) is 30.2 Å². The van der Waals surface area contributed by atoms with Gasteiger partial charge in [-0.05, 0) is 82.0 Å². The Hall–Kier alpha value is -0.740. The summed E-state index contributed by atoms with van der Waals surface area (Å²) in [6.07, 6.45) is 4.13. The molecule has 0 spiro atoms. The topological polar surface area (TPSA) is 29.1 Å². The van der Waals surface area contributed by atoms with Crippen LogP contribution in [0.3, 0.4) is 0 Å². The number of alkyl halides is 3. The van der Waals surface area contributed by atoms with Crippen LogP contribution < -0.4 is 5.32 Å². The van der Waals surface area contributed by atoms with Crippen molar-refractivity contribution in [3.8, 4) is 0 Å². The van der Waals surface area contributed by atoms with Gasteiger partial charge in [-0.2, -0.15) is 13.2 Å². The molecule has 1 amide bonds. The van der Waals surface area contributed by atoms with Crippen LogP contribution >= 0.6 is 0 Å². The Morgan fingerprint density at radius 1 is 0.870 bits per heavy atom. The van der Waals surface area contributed by atoms with Crippen molar-refractivity contribution in [2.45, 2.75) is 76.4 Å². The van der Waals surface area contributed by atoms with Gasteiger partial charge in [0, 0.05) is 11.5 Å². The third-order valence-corrected chi connectivity index (χ3v) is 7.05. The van der Waals surface area contributed by atoms with Crippen LogP contribution in [0.15, 0.2) is 0 Å². The van der Waals surface area contributed by atoms with Crippen LogP contribution in [0.5, 0.6) is 0 Å². The zero-order chi connectivity index (χ0) is 16.2. The van der Waals surface area contributed by atoms with Gasteiger partial charge in [0.1, 0.15) is 0 Å². The molecule has 5 aliphatic rings. The number of carbonyl (C=O) groups is 1. The highest BCUT2D eigenvalue weighted by Crippen LogP contribution is 2.60. The fourth-order valence-electron chi connectivity index (χ4n) is 6.29. The number of nitrogens with one attached hydrogen (secondary N) is 1. The van der Waals surface area contributed by atoms with Gasteiger partial charge >= 0.3 is 6.18 Å². The molecule has 0 aromatic heterocycles. The minimum Gasteiger partial charge on any atom is -0.353 e. The van der Waals surface area contributed by atoms with Gasteiger partial charge in [-0.25, -0.2) is 0 Å². The fraction of sp³-hybridized carbons (Fsp3) is 0.944. The largest absolute Gasteiger partial charge is 0.391 e. The maximum atomic E-state index is 12.9. The van der Waals surface area contributed by atoms with E-state index in [1.807, 2.05) is 0 Å². The summed E-state index contributed by atoms with van der Waals surface area (Å²) in [5.74, 6) is 1.14. The average molecular weight is 329 g/mol. The molecule has 23 heavy (non-hydrogen) atoms. The van der Waals surface area contributed by atoms with Gasteiger partial charge in [0.2, 0.25) is 5.91 Å². The molecule has 0 radical (unpaired) electrons. The molecule has 1 N–H and O–H groups in total. The van der Waals surface area contributed by atoms with Crippen molar-refractivity contribution in [2.75, 3.05) is 0 Å². The number of carbonyl (C=O) groups excluding carboxylic acids is 1. The molecular formula is C18H26F3NO. The van der Waals surface area contributed by atoms with Gasteiger partial charge in [-0.1, -0.05) is 0 Å². The van der Waals surface area contributed by atoms with Gasteiger partial charge < -0.3 is 5.32 Å². The number of amides is 1. The summed E-state index contributed by atoms with van der Waals surface area (Å²) in [7, 11) is 0. The normalized spacial score (nSPS) is 46.0. The number of halogens is 3. The quantitative estimate of drug-likeness (QED) is 0.797. The Balaban J connectivity index is 1.36. The number of hydrogen-bond donors (Lipinski definition) is 1. The van der Waals surface area contributed by atoms with Crippen molar-refractivity contribution in [1.82, 2.24) is 5.32 Å². The first-order valence-electron chi connectivity index (χ1n) is 9.22. The predicted molar refractivity (Wildman–Crippen MR) is 80.5 cm³/mol. The standard InChI is InChI=1S/C18H26F3NO/c19-18(20,21)14-1-3-15(4-2-14)22-16(23)17-8-11-5-12(9-17)7-13(6-11)10-17/h11-15H,1-10H2,(H,22,23). The molecule has 4 bridgehead atoms. The fourth-order valence-corrected chi connectivity index (χ4v) is 6.29. The van der Waals surface area contributed by atoms with Crippen LogP contribution in [-0.4, -0.2) is 18.1 Å². The summed E-state index contributed by atoms with van der Waals surface area (Å²) in [5.41, 5.74) is -0.185. The summed E-state index contributed by atoms with van der Waals surface area (Å²) in [4.78, 5) is 12.9. The first kappa shape index (κ1) is 15.8. The summed E-state index contributed by atoms with van der Waals surface area (Å²) >= 11 is 0. The van der Waals surface area contributed by atoms with Crippen molar-refractivity contribution in [3.05, 3.63) is 0 Å². The molecule has 5 aliphatic carbocycles. The van der Waals surface area contributed by atoms with Crippen LogP contribution in [0, 0.1) is 29.1 Å². The number of hydrogen-bond acceptors (Lipinski definition) is 1. The van der Waals surface area contributed by atoms with E-state index in [0.29, 0.717) is 30.6 Å². The zero-order valence-electron chi connectivity index (χ0n) is 13.5. The maximum Gasteiger partial charge on any atom is 0.391 e. The van der Waals surface area contributed by atoms with Crippen molar-refractivity contribution in [1.29, 1.82) is 0 Å². The molecule has 130 valence electrons. The van der Waals surface area contributed by atoms with Crippen molar-refractivity contribution >= 4 is 5.91 Å². The maximum absolute atomic E-state index is 12.9. The summed E-state index contributed by atoms with van der Waals surface area (Å²) in [6.45, 7) is 0. The lowest BCUT2D eigenvalue weighted by molar-refractivity contribution is -0.183. The van der Waals surface area contributed by atoms with Crippen molar-refractivity contribution in [3.63, 3.8) is 0 Å². The Labute approximate surface area is 135 Å². The molecule has 0 aliphatic heterocycles. The van der Waals surface area contributed by atoms with E-state index >= 15 is 0 Å². The first-order valence-corrected chi connectivity index (χ1v) is 9.22. The Kier molecular flexibility index (Phi) is 3.69. The second-order valence-corrected chi connectivity index (χ2v) is 8.76. The van der Waals surface area contributed by atoms with Gasteiger partial charge in [-0.15, -0.1) is 0 Å². The Morgan fingerprint density at radius 3 is 1.78 bits per heavy atom. The van der Waals surface area contributed by atoms with Crippen LogP contribution in [0.4, 0.5) is 13.2 Å². The van der Waals surface area contributed by atoms with E-state index in [2.05, 4.69) is 5.32 Å². The Bertz CT molecular complexity index is 444. The highest BCUT2D eigenvalue weighted by molar-refractivity contribution is 5.83. The highest BCUT2D eigenvalue weighted by Gasteiger charge is 2.55. The molecule has 0 saturated heterocycles. The predicted octanol–water partition coefficient (Wildman–Crippen LogP) is 4.44. The van der Waals surface area contributed by atoms with E-state index < -0.39 is 12.1 Å². The van der Waals surface area contributed by atoms with Gasteiger partial charge in [0.05, 0.1) is 5.92 Å².